The summed E-state index contributed by atoms with van der Waals surface area (Å²) in [5.41, 5.74) is 0.938. The highest BCUT2D eigenvalue weighted by Crippen LogP contribution is 2.30. The lowest BCUT2D eigenvalue weighted by molar-refractivity contribution is -0.145. The van der Waals surface area contributed by atoms with Crippen molar-refractivity contribution in [1.29, 1.82) is 0 Å². The quantitative estimate of drug-likeness (QED) is 0.397. The Morgan fingerprint density at radius 1 is 0.969 bits per heavy atom. The summed E-state index contributed by atoms with van der Waals surface area (Å²) in [6, 6.07) is 13.2. The van der Waals surface area contributed by atoms with Crippen molar-refractivity contribution in [1.82, 2.24) is 9.45 Å². The lowest BCUT2D eigenvalue weighted by Gasteiger charge is -2.17. The lowest BCUT2D eigenvalue weighted by Crippen LogP contribution is -2.25. The minimum atomic E-state index is -3.70. The molecule has 3 rings (SSSR count). The Labute approximate surface area is 186 Å². The number of sulfonamides is 1. The Balaban J connectivity index is 1.51. The number of rotatable bonds is 10. The van der Waals surface area contributed by atoms with Crippen LogP contribution in [0.5, 0.6) is 11.8 Å². The average molecular weight is 462 g/mol. The number of hydrogen-bond donors (Lipinski definition) is 3. The van der Waals surface area contributed by atoms with Gasteiger partial charge < -0.3 is 20.0 Å². The van der Waals surface area contributed by atoms with E-state index >= 15 is 0 Å². The molecule has 0 saturated carbocycles. The van der Waals surface area contributed by atoms with E-state index in [9.17, 15) is 23.4 Å². The van der Waals surface area contributed by atoms with Gasteiger partial charge in [0, 0.05) is 55.7 Å². The highest BCUT2D eigenvalue weighted by Gasteiger charge is 2.18. The summed E-state index contributed by atoms with van der Waals surface area (Å²) in [5, 5.41) is 20.4. The van der Waals surface area contributed by atoms with Crippen LogP contribution in [0, 0.1) is 0 Å². The topological polar surface area (TPSA) is 121 Å². The molecule has 0 radical (unpaired) electrons. The minimum Gasteiger partial charge on any atom is -0.492 e. The van der Waals surface area contributed by atoms with Crippen LogP contribution in [0.3, 0.4) is 0 Å². The predicted molar refractivity (Wildman–Crippen MR) is 121 cm³/mol. The van der Waals surface area contributed by atoms with Gasteiger partial charge in [0.15, 0.2) is 0 Å². The molecule has 0 atom stereocenters. The molecule has 1 aromatic heterocycles. The van der Waals surface area contributed by atoms with E-state index in [2.05, 4.69) is 4.72 Å². The van der Waals surface area contributed by atoms with Crippen molar-refractivity contribution in [3.05, 3.63) is 48.5 Å². The van der Waals surface area contributed by atoms with Gasteiger partial charge >= 0.3 is 5.97 Å². The Kier molecular flexibility index (Phi) is 7.26. The molecule has 0 aliphatic rings. The Bertz CT molecular complexity index is 1180. The van der Waals surface area contributed by atoms with E-state index in [0.29, 0.717) is 29.4 Å². The normalized spacial score (nSPS) is 11.6. The van der Waals surface area contributed by atoms with Crippen LogP contribution < -0.4 is 14.5 Å². The standard InChI is InChI=1S/C22H27N3O6S/c1-24(2)18-10-6-9-17-16(18)8-7-11-19(17)32(29,30)23-15-5-3-4-12-22(28)31-25-20(26)13-14-21(25)27/h6-11,13-14,23,26-27H,3-5,12,15H2,1-2H3. The number of nitrogens with one attached hydrogen (secondary N) is 1. The fraction of sp³-hybridized carbons (Fsp3) is 0.318. The number of nitrogens with zero attached hydrogens (tertiary/aromatic N) is 2. The van der Waals surface area contributed by atoms with Gasteiger partial charge in [-0.1, -0.05) is 30.7 Å². The van der Waals surface area contributed by atoms with Crippen molar-refractivity contribution in [2.24, 2.45) is 0 Å². The molecule has 9 nitrogen and oxygen atoms in total. The van der Waals surface area contributed by atoms with Gasteiger partial charge in [-0.3, -0.25) is 0 Å². The molecule has 172 valence electrons. The first kappa shape index (κ1) is 23.4. The maximum Gasteiger partial charge on any atom is 0.333 e. The Morgan fingerprint density at radius 2 is 1.62 bits per heavy atom. The van der Waals surface area contributed by atoms with Gasteiger partial charge in [0.1, 0.15) is 0 Å². The van der Waals surface area contributed by atoms with Gasteiger partial charge in [-0.2, -0.15) is 0 Å². The first-order chi connectivity index (χ1) is 15.2. The highest BCUT2D eigenvalue weighted by atomic mass is 32.2. The molecule has 3 aromatic rings. The van der Waals surface area contributed by atoms with E-state index in [1.807, 2.05) is 37.2 Å². The summed E-state index contributed by atoms with van der Waals surface area (Å²) in [4.78, 5) is 18.8. The van der Waals surface area contributed by atoms with E-state index in [0.717, 1.165) is 11.1 Å². The third-order valence-electron chi connectivity index (χ3n) is 4.97. The van der Waals surface area contributed by atoms with Crippen LogP contribution in [-0.2, 0) is 14.8 Å². The second-order valence-corrected chi connectivity index (χ2v) is 9.27. The second-order valence-electron chi connectivity index (χ2n) is 7.54. The maximum atomic E-state index is 12.9. The molecule has 0 fully saturated rings. The fourth-order valence-electron chi connectivity index (χ4n) is 3.39. The zero-order valence-corrected chi connectivity index (χ0v) is 18.8. The van der Waals surface area contributed by atoms with E-state index < -0.39 is 16.0 Å². The molecule has 10 heteroatoms. The molecular formula is C22H27N3O6S. The summed E-state index contributed by atoms with van der Waals surface area (Å²) >= 11 is 0. The number of hydrogen-bond acceptors (Lipinski definition) is 7. The van der Waals surface area contributed by atoms with E-state index in [1.165, 1.54) is 12.1 Å². The summed E-state index contributed by atoms with van der Waals surface area (Å²) in [6.07, 6.45) is 1.69. The van der Waals surface area contributed by atoms with E-state index in [1.54, 1.807) is 18.2 Å². The van der Waals surface area contributed by atoms with E-state index in [-0.39, 0.29) is 29.6 Å². The maximum absolute atomic E-state index is 12.9. The molecule has 1 heterocycles. The monoisotopic (exact) mass is 461 g/mol. The summed E-state index contributed by atoms with van der Waals surface area (Å²) in [6.45, 7) is 0.236. The van der Waals surface area contributed by atoms with Gasteiger partial charge in [0.05, 0.1) is 4.90 Å². The van der Waals surface area contributed by atoms with Crippen molar-refractivity contribution in [3.8, 4) is 11.8 Å². The van der Waals surface area contributed by atoms with Gasteiger partial charge in [-0.25, -0.2) is 17.9 Å². The lowest BCUT2D eigenvalue weighted by atomic mass is 10.1. The zero-order valence-electron chi connectivity index (χ0n) is 18.0. The molecule has 0 aliphatic heterocycles. The molecule has 2 aromatic carbocycles. The van der Waals surface area contributed by atoms with Crippen LogP contribution in [0.25, 0.3) is 10.8 Å². The molecule has 0 aliphatic carbocycles. The van der Waals surface area contributed by atoms with E-state index in [4.69, 9.17) is 4.84 Å². The molecular weight excluding hydrogens is 434 g/mol. The number of fused-ring (bicyclic) bond motifs is 1. The van der Waals surface area contributed by atoms with Crippen LogP contribution in [0.2, 0.25) is 0 Å². The SMILES string of the molecule is CN(C)c1cccc2c(S(=O)(=O)NCCCCCC(=O)On3c(O)ccc3O)cccc12. The molecule has 0 bridgehead atoms. The van der Waals surface area contributed by atoms with Gasteiger partial charge in [-0.15, -0.1) is 4.73 Å². The van der Waals surface area contributed by atoms with Crippen LogP contribution in [0.4, 0.5) is 5.69 Å². The third-order valence-corrected chi connectivity index (χ3v) is 6.49. The minimum absolute atomic E-state index is 0.0699. The van der Waals surface area contributed by atoms with Crippen molar-refractivity contribution in [2.75, 3.05) is 25.5 Å². The predicted octanol–water partition coefficient (Wildman–Crippen LogP) is 2.61. The highest BCUT2D eigenvalue weighted by molar-refractivity contribution is 7.89. The number of carbonyl (C=O) groups is 1. The van der Waals surface area contributed by atoms with Gasteiger partial charge in [-0.05, 0) is 25.0 Å². The van der Waals surface area contributed by atoms with Crippen molar-refractivity contribution < 1.29 is 28.3 Å². The summed E-state index contributed by atoms with van der Waals surface area (Å²) in [5.74, 6) is -1.37. The molecule has 0 unspecified atom stereocenters. The van der Waals surface area contributed by atoms with Crippen LogP contribution in [0.15, 0.2) is 53.4 Å². The number of aromatic hydroxyl groups is 2. The summed E-state index contributed by atoms with van der Waals surface area (Å²) in [7, 11) is 0.126. The number of benzene rings is 2. The average Bonchev–Trinajstić information content (AvgIpc) is 3.07. The smallest absolute Gasteiger partial charge is 0.333 e. The molecule has 0 saturated heterocycles. The Morgan fingerprint density at radius 3 is 2.31 bits per heavy atom. The van der Waals surface area contributed by atoms with Crippen LogP contribution >= 0.6 is 0 Å². The Hall–Kier alpha value is -3.24. The summed E-state index contributed by atoms with van der Waals surface area (Å²) < 4.78 is 29.0. The number of aromatic nitrogens is 1. The molecule has 0 spiro atoms. The third kappa shape index (κ3) is 5.32. The van der Waals surface area contributed by atoms with Crippen molar-refractivity contribution in [2.45, 2.75) is 30.6 Å². The fourth-order valence-corrected chi connectivity index (χ4v) is 4.68. The number of unbranched alkanes of at least 4 members (excludes halogenated alkanes) is 2. The van der Waals surface area contributed by atoms with Gasteiger partial charge in [0.25, 0.3) is 0 Å². The second kappa shape index (κ2) is 9.92. The number of carbonyl (C=O) groups excluding carboxylic acids is 1. The van der Waals surface area contributed by atoms with Crippen molar-refractivity contribution in [3.63, 3.8) is 0 Å². The van der Waals surface area contributed by atoms with Gasteiger partial charge in [0.2, 0.25) is 21.8 Å². The first-order valence-electron chi connectivity index (χ1n) is 10.2. The zero-order chi connectivity index (χ0) is 23.3. The first-order valence-corrected chi connectivity index (χ1v) is 11.7. The molecule has 0 amide bonds. The van der Waals surface area contributed by atoms with Crippen LogP contribution in [0.1, 0.15) is 25.7 Å². The molecule has 3 N–H and O–H groups in total. The largest absolute Gasteiger partial charge is 0.492 e. The number of anilines is 1. The molecule has 32 heavy (non-hydrogen) atoms. The van der Waals surface area contributed by atoms with Crippen molar-refractivity contribution >= 4 is 32.5 Å². The van der Waals surface area contributed by atoms with Crippen LogP contribution in [-0.4, -0.2) is 50.0 Å².